The van der Waals surface area contributed by atoms with Crippen LogP contribution in [-0.4, -0.2) is 102 Å². The molecule has 0 spiro atoms. The van der Waals surface area contributed by atoms with Crippen molar-refractivity contribution in [2.24, 2.45) is 5.92 Å². The fourth-order valence-electron chi connectivity index (χ4n) is 4.87. The van der Waals surface area contributed by atoms with Gasteiger partial charge in [-0.05, 0) is 38.0 Å². The minimum atomic E-state index is -1.07. The van der Waals surface area contributed by atoms with Gasteiger partial charge in [-0.25, -0.2) is 0 Å². The minimum absolute atomic E-state index is 0.0479. The average Bonchev–Trinajstić information content (AvgIpc) is 3.22. The van der Waals surface area contributed by atoms with E-state index in [2.05, 4.69) is 10.6 Å². The smallest absolute Gasteiger partial charge is 0.255 e. The van der Waals surface area contributed by atoms with Crippen LogP contribution in [0.2, 0.25) is 0 Å². The van der Waals surface area contributed by atoms with E-state index in [0.717, 1.165) is 32.1 Å². The number of hydrogen-bond donors (Lipinski definition) is 3. The molecule has 0 aromatic rings. The number of unbranched alkanes of at least 4 members (excludes halogenated alkanes) is 1. The molecular weight excluding hydrogens is 468 g/mol. The van der Waals surface area contributed by atoms with Crippen LogP contribution in [0.4, 0.5) is 0 Å². The van der Waals surface area contributed by atoms with E-state index in [0.29, 0.717) is 26.1 Å². The first-order valence-electron chi connectivity index (χ1n) is 13.3. The van der Waals surface area contributed by atoms with E-state index in [1.54, 1.807) is 4.90 Å². The van der Waals surface area contributed by atoms with Crippen LogP contribution in [0.15, 0.2) is 0 Å². The number of amides is 4. The zero-order chi connectivity index (χ0) is 26.2. The molecule has 3 saturated heterocycles. The molecule has 4 amide bonds. The third kappa shape index (κ3) is 7.39. The number of nitrogens with one attached hydrogen (secondary N) is 2. The summed E-state index contributed by atoms with van der Waals surface area (Å²) in [6.07, 6.45) is 1.15. The summed E-state index contributed by atoms with van der Waals surface area (Å²) in [5.41, 5.74) is 0. The number of fused-ring (bicyclic) bond motifs is 2. The van der Waals surface area contributed by atoms with Crippen molar-refractivity contribution in [3.05, 3.63) is 0 Å². The third-order valence-corrected chi connectivity index (χ3v) is 6.81. The van der Waals surface area contributed by atoms with E-state index in [1.807, 2.05) is 20.8 Å². The Hall–Kier alpha value is -2.24. The van der Waals surface area contributed by atoms with Gasteiger partial charge in [0, 0.05) is 26.2 Å². The van der Waals surface area contributed by atoms with E-state index >= 15 is 0 Å². The third-order valence-electron chi connectivity index (χ3n) is 6.81. The first-order chi connectivity index (χ1) is 17.2. The number of hydrogen-bond acceptors (Lipinski definition) is 7. The van der Waals surface area contributed by atoms with Crippen LogP contribution >= 0.6 is 0 Å². The highest BCUT2D eigenvalue weighted by atomic mass is 16.7. The van der Waals surface area contributed by atoms with E-state index in [9.17, 15) is 24.3 Å². The van der Waals surface area contributed by atoms with Crippen LogP contribution in [0, 0.1) is 5.92 Å². The zero-order valence-corrected chi connectivity index (χ0v) is 21.7. The number of aliphatic hydroxyl groups is 1. The normalized spacial score (nSPS) is 25.6. The van der Waals surface area contributed by atoms with Crippen LogP contribution in [0.25, 0.3) is 0 Å². The van der Waals surface area contributed by atoms with Crippen molar-refractivity contribution in [1.82, 2.24) is 20.4 Å². The van der Waals surface area contributed by atoms with E-state index < -0.39 is 42.5 Å². The Labute approximate surface area is 213 Å². The second kappa shape index (κ2) is 13.3. The molecule has 11 heteroatoms. The molecule has 5 atom stereocenters. The van der Waals surface area contributed by atoms with Gasteiger partial charge in [-0.1, -0.05) is 27.2 Å². The molecule has 0 aromatic carbocycles. The number of carbonyl (C=O) groups excluding carboxylic acids is 4. The predicted octanol–water partition coefficient (Wildman–Crippen LogP) is 0.149. The maximum Gasteiger partial charge on any atom is 0.255 e. The highest BCUT2D eigenvalue weighted by Gasteiger charge is 2.54. The lowest BCUT2D eigenvalue weighted by atomic mass is 9.99. The molecule has 0 aromatic heterocycles. The lowest BCUT2D eigenvalue weighted by molar-refractivity contribution is -0.169. The van der Waals surface area contributed by atoms with Crippen LogP contribution in [0.5, 0.6) is 0 Å². The number of piperidine rings is 1. The Morgan fingerprint density at radius 1 is 1.11 bits per heavy atom. The van der Waals surface area contributed by atoms with Crippen LogP contribution in [0.3, 0.4) is 0 Å². The summed E-state index contributed by atoms with van der Waals surface area (Å²) in [6, 6.07) is -0.801. The highest BCUT2D eigenvalue weighted by molar-refractivity contribution is 5.95. The lowest BCUT2D eigenvalue weighted by Gasteiger charge is -2.37. The molecular formula is C25H42N4O7. The molecule has 3 rings (SSSR count). The Morgan fingerprint density at radius 2 is 1.83 bits per heavy atom. The summed E-state index contributed by atoms with van der Waals surface area (Å²) in [5.74, 6) is -1.25. The maximum absolute atomic E-state index is 13.4. The standard InChI is InChI=1S/C25H42N4O7/c1-4-5-9-26-19(31)13-17(30)14-27-23(32)18(12-16(2)3)29-15-20-35-21(22(36-20)25(29)34)24(33)28-10-7-6-8-11-28/h16-18,20-22,30H,4-15H2,1-3H3,(H,26,31)(H,27,32)/t17?,18-,20-,21-,22+/m0/s1. The van der Waals surface area contributed by atoms with Gasteiger partial charge < -0.3 is 35.0 Å². The van der Waals surface area contributed by atoms with Crippen LogP contribution in [0.1, 0.15) is 65.7 Å². The van der Waals surface area contributed by atoms with Gasteiger partial charge in [0.05, 0.1) is 19.1 Å². The first kappa shape index (κ1) is 28.3. The Bertz CT molecular complexity index is 786. The highest BCUT2D eigenvalue weighted by Crippen LogP contribution is 2.31. The molecule has 0 saturated carbocycles. The Balaban J connectivity index is 1.59. The van der Waals surface area contributed by atoms with E-state index in [4.69, 9.17) is 9.47 Å². The number of morpholine rings is 1. The summed E-state index contributed by atoms with van der Waals surface area (Å²) in [7, 11) is 0. The van der Waals surface area contributed by atoms with Gasteiger partial charge in [0.15, 0.2) is 18.5 Å². The van der Waals surface area contributed by atoms with Crippen molar-refractivity contribution in [2.45, 2.75) is 96.4 Å². The summed E-state index contributed by atoms with van der Waals surface area (Å²) in [5, 5.41) is 15.7. The number of aliphatic hydroxyl groups excluding tert-OH is 1. The van der Waals surface area contributed by atoms with Crippen molar-refractivity contribution in [2.75, 3.05) is 32.7 Å². The quantitative estimate of drug-likeness (QED) is 0.318. The van der Waals surface area contributed by atoms with E-state index in [1.165, 1.54) is 4.90 Å². The number of nitrogens with zero attached hydrogens (tertiary/aromatic N) is 2. The molecule has 0 aliphatic carbocycles. The van der Waals surface area contributed by atoms with Crippen molar-refractivity contribution < 1.29 is 33.8 Å². The van der Waals surface area contributed by atoms with Crippen molar-refractivity contribution >= 4 is 23.6 Å². The minimum Gasteiger partial charge on any atom is -0.391 e. The van der Waals surface area contributed by atoms with Gasteiger partial charge in [-0.2, -0.15) is 0 Å². The first-order valence-corrected chi connectivity index (χ1v) is 13.3. The number of likely N-dealkylation sites (tertiary alicyclic amines) is 1. The summed E-state index contributed by atoms with van der Waals surface area (Å²) < 4.78 is 11.5. The number of rotatable bonds is 12. The molecule has 2 bridgehead atoms. The van der Waals surface area contributed by atoms with Gasteiger partial charge in [-0.15, -0.1) is 0 Å². The van der Waals surface area contributed by atoms with Crippen molar-refractivity contribution in [3.8, 4) is 0 Å². The SMILES string of the molecule is CCCCNC(=O)CC(O)CNC(=O)[C@H](CC(C)C)N1C[C@H]2O[C@H](C(=O)N3CCCCC3)[C@@H](O2)C1=O. The topological polar surface area (TPSA) is 138 Å². The molecule has 1 unspecified atom stereocenters. The summed E-state index contributed by atoms with van der Waals surface area (Å²) in [4.78, 5) is 54.7. The van der Waals surface area contributed by atoms with Crippen molar-refractivity contribution in [3.63, 3.8) is 0 Å². The van der Waals surface area contributed by atoms with Gasteiger partial charge in [0.2, 0.25) is 11.8 Å². The molecule has 3 aliphatic heterocycles. The fourth-order valence-corrected chi connectivity index (χ4v) is 4.87. The predicted molar refractivity (Wildman–Crippen MR) is 130 cm³/mol. The second-order valence-electron chi connectivity index (χ2n) is 10.4. The lowest BCUT2D eigenvalue weighted by Crippen LogP contribution is -2.59. The molecule has 36 heavy (non-hydrogen) atoms. The van der Waals surface area contributed by atoms with E-state index in [-0.39, 0.29) is 37.2 Å². The molecule has 3 heterocycles. The van der Waals surface area contributed by atoms with Crippen molar-refractivity contribution in [1.29, 1.82) is 0 Å². The molecule has 3 fully saturated rings. The summed E-state index contributed by atoms with van der Waals surface area (Å²) in [6.45, 7) is 7.71. The van der Waals surface area contributed by atoms with Gasteiger partial charge in [0.25, 0.3) is 11.8 Å². The summed E-state index contributed by atoms with van der Waals surface area (Å²) >= 11 is 0. The largest absolute Gasteiger partial charge is 0.391 e. The van der Waals surface area contributed by atoms with Gasteiger partial charge >= 0.3 is 0 Å². The Morgan fingerprint density at radius 3 is 2.50 bits per heavy atom. The fraction of sp³-hybridized carbons (Fsp3) is 0.840. The Kier molecular flexibility index (Phi) is 10.5. The second-order valence-corrected chi connectivity index (χ2v) is 10.4. The average molecular weight is 511 g/mol. The number of carbonyl (C=O) groups is 4. The molecule has 3 aliphatic rings. The zero-order valence-electron chi connectivity index (χ0n) is 21.7. The molecule has 3 N–H and O–H groups in total. The van der Waals surface area contributed by atoms with Gasteiger partial charge in [0.1, 0.15) is 6.04 Å². The number of ether oxygens (including phenoxy) is 2. The van der Waals surface area contributed by atoms with Gasteiger partial charge in [-0.3, -0.25) is 19.2 Å². The monoisotopic (exact) mass is 510 g/mol. The maximum atomic E-state index is 13.4. The van der Waals surface area contributed by atoms with Crippen LogP contribution in [-0.2, 0) is 28.7 Å². The molecule has 11 nitrogen and oxygen atoms in total. The molecule has 0 radical (unpaired) electrons. The van der Waals surface area contributed by atoms with Crippen LogP contribution < -0.4 is 10.6 Å². The molecule has 204 valence electrons.